The van der Waals surface area contributed by atoms with Gasteiger partial charge in [-0.25, -0.2) is 4.98 Å². The van der Waals surface area contributed by atoms with Crippen LogP contribution in [0.25, 0.3) is 17.0 Å². The Balaban J connectivity index is 1.91. The molecule has 0 aliphatic rings. The van der Waals surface area contributed by atoms with Crippen molar-refractivity contribution < 1.29 is 4.79 Å². The molecule has 1 unspecified atom stereocenters. The summed E-state index contributed by atoms with van der Waals surface area (Å²) in [6.07, 6.45) is 7.72. The van der Waals surface area contributed by atoms with Crippen LogP contribution < -0.4 is 5.56 Å². The molecule has 5 heteroatoms. The van der Waals surface area contributed by atoms with Crippen LogP contribution in [0, 0.1) is 0 Å². The quantitative estimate of drug-likeness (QED) is 0.359. The van der Waals surface area contributed by atoms with Crippen LogP contribution in [-0.4, -0.2) is 26.9 Å². The molecule has 0 N–H and O–H groups in total. The van der Waals surface area contributed by atoms with Crippen LogP contribution in [0.15, 0.2) is 65.5 Å². The molecule has 3 rings (SSSR count). The summed E-state index contributed by atoms with van der Waals surface area (Å²) in [4.78, 5) is 32.6. The number of aromatic nitrogens is 2. The zero-order chi connectivity index (χ0) is 22.2. The number of carbonyl (C=O) groups is 1. The monoisotopic (exact) mass is 417 g/mol. The lowest BCUT2D eigenvalue weighted by Crippen LogP contribution is -2.37. The highest BCUT2D eigenvalue weighted by Crippen LogP contribution is 2.21. The molecule has 3 aromatic rings. The van der Waals surface area contributed by atoms with Gasteiger partial charge in [0.25, 0.3) is 5.56 Å². The fraction of sp³-hybridized carbons (Fsp3) is 0.346. The maximum atomic E-state index is 13.2. The van der Waals surface area contributed by atoms with Gasteiger partial charge in [-0.1, -0.05) is 68.7 Å². The van der Waals surface area contributed by atoms with Crippen LogP contribution in [0.1, 0.15) is 57.0 Å². The summed E-state index contributed by atoms with van der Waals surface area (Å²) in [6, 6.07) is 16.8. The lowest BCUT2D eigenvalue weighted by molar-refractivity contribution is -0.128. The molecule has 162 valence electrons. The molecule has 1 heterocycles. The fourth-order valence-corrected chi connectivity index (χ4v) is 3.78. The second-order valence-electron chi connectivity index (χ2n) is 7.86. The Kier molecular flexibility index (Phi) is 7.76. The molecular formula is C26H31N3O2. The Labute approximate surface area is 184 Å². The first-order valence-corrected chi connectivity index (χ1v) is 11.0. The van der Waals surface area contributed by atoms with Crippen molar-refractivity contribution in [3.63, 3.8) is 0 Å². The van der Waals surface area contributed by atoms with E-state index in [9.17, 15) is 9.59 Å². The Morgan fingerprint density at radius 3 is 2.52 bits per heavy atom. The van der Waals surface area contributed by atoms with E-state index in [1.54, 1.807) is 23.8 Å². The molecule has 1 aromatic heterocycles. The number of rotatable bonds is 9. The molecule has 1 atom stereocenters. The fourth-order valence-electron chi connectivity index (χ4n) is 3.78. The van der Waals surface area contributed by atoms with Crippen LogP contribution in [0.5, 0.6) is 0 Å². The van der Waals surface area contributed by atoms with Gasteiger partial charge in [0.2, 0.25) is 5.91 Å². The minimum Gasteiger partial charge on any atom is -0.329 e. The van der Waals surface area contributed by atoms with E-state index in [0.29, 0.717) is 23.3 Å². The summed E-state index contributed by atoms with van der Waals surface area (Å²) >= 11 is 0. The first-order chi connectivity index (χ1) is 15.0. The molecule has 5 nitrogen and oxygen atoms in total. The maximum absolute atomic E-state index is 13.2. The Hall–Kier alpha value is -3.21. The molecule has 0 aliphatic heterocycles. The zero-order valence-electron chi connectivity index (χ0n) is 18.6. The highest BCUT2D eigenvalue weighted by molar-refractivity contribution is 5.92. The normalized spacial score (nSPS) is 12.4. The molecule has 2 aromatic carbocycles. The highest BCUT2D eigenvalue weighted by atomic mass is 16.2. The summed E-state index contributed by atoms with van der Waals surface area (Å²) in [6.45, 7) is 4.75. The standard InChI is InChI=1S/C26H31N3O2/c1-4-5-6-12-19-29(24(30)18-17-21-13-8-7-9-14-21)20(2)25-27-23-16-11-10-15-22(23)26(31)28(25)3/h7-11,13-18,20H,4-6,12,19H2,1-3H3/b18-17+. The minimum absolute atomic E-state index is 0.0738. The Morgan fingerprint density at radius 1 is 1.06 bits per heavy atom. The average Bonchev–Trinajstić information content (AvgIpc) is 2.80. The molecule has 0 fully saturated rings. The molecule has 0 bridgehead atoms. The Bertz CT molecular complexity index is 1100. The van der Waals surface area contributed by atoms with Gasteiger partial charge in [-0.05, 0) is 37.1 Å². The van der Waals surface area contributed by atoms with E-state index in [0.717, 1.165) is 31.2 Å². The van der Waals surface area contributed by atoms with E-state index in [1.807, 2.05) is 66.4 Å². The summed E-state index contributed by atoms with van der Waals surface area (Å²) < 4.78 is 1.57. The van der Waals surface area contributed by atoms with Crippen LogP contribution in [0.3, 0.4) is 0 Å². The topological polar surface area (TPSA) is 55.2 Å². The van der Waals surface area contributed by atoms with Crippen molar-refractivity contribution in [2.75, 3.05) is 6.54 Å². The molecule has 31 heavy (non-hydrogen) atoms. The van der Waals surface area contributed by atoms with Crippen LogP contribution in [0.2, 0.25) is 0 Å². The van der Waals surface area contributed by atoms with Gasteiger partial charge in [0, 0.05) is 19.7 Å². The predicted molar refractivity (Wildman–Crippen MR) is 127 cm³/mol. The van der Waals surface area contributed by atoms with Crippen molar-refractivity contribution in [2.24, 2.45) is 7.05 Å². The van der Waals surface area contributed by atoms with Gasteiger partial charge >= 0.3 is 0 Å². The molecule has 0 aliphatic carbocycles. The van der Waals surface area contributed by atoms with Crippen molar-refractivity contribution in [1.29, 1.82) is 0 Å². The zero-order valence-corrected chi connectivity index (χ0v) is 18.6. The van der Waals surface area contributed by atoms with Gasteiger partial charge < -0.3 is 4.90 Å². The van der Waals surface area contributed by atoms with E-state index in [2.05, 4.69) is 6.92 Å². The van der Waals surface area contributed by atoms with Crippen LogP contribution in [0.4, 0.5) is 0 Å². The lowest BCUT2D eigenvalue weighted by Gasteiger charge is -2.29. The number of fused-ring (bicyclic) bond motifs is 1. The second-order valence-corrected chi connectivity index (χ2v) is 7.86. The van der Waals surface area contributed by atoms with Gasteiger partial charge in [-0.2, -0.15) is 0 Å². The minimum atomic E-state index is -0.322. The number of carbonyl (C=O) groups excluding carboxylic acids is 1. The molecule has 1 amide bonds. The number of nitrogens with zero attached hydrogens (tertiary/aromatic N) is 3. The smallest absolute Gasteiger partial charge is 0.261 e. The number of benzene rings is 2. The van der Waals surface area contributed by atoms with Crippen molar-refractivity contribution >= 4 is 22.9 Å². The maximum Gasteiger partial charge on any atom is 0.261 e. The second kappa shape index (κ2) is 10.7. The molecule has 0 saturated heterocycles. The average molecular weight is 418 g/mol. The van der Waals surface area contributed by atoms with Gasteiger partial charge in [-0.15, -0.1) is 0 Å². The predicted octanol–water partition coefficient (Wildman–Crippen LogP) is 5.12. The van der Waals surface area contributed by atoms with Crippen molar-refractivity contribution in [1.82, 2.24) is 14.5 Å². The third-order valence-electron chi connectivity index (χ3n) is 5.61. The summed E-state index contributed by atoms with van der Waals surface area (Å²) in [5.41, 5.74) is 1.54. The van der Waals surface area contributed by atoms with E-state index in [-0.39, 0.29) is 17.5 Å². The molecule has 0 saturated carbocycles. The van der Waals surface area contributed by atoms with Gasteiger partial charge in [-0.3, -0.25) is 14.2 Å². The first kappa shape index (κ1) is 22.5. The van der Waals surface area contributed by atoms with Crippen molar-refractivity contribution in [2.45, 2.75) is 45.6 Å². The summed E-state index contributed by atoms with van der Waals surface area (Å²) in [5, 5.41) is 0.589. The van der Waals surface area contributed by atoms with Crippen LogP contribution in [-0.2, 0) is 11.8 Å². The van der Waals surface area contributed by atoms with Crippen LogP contribution >= 0.6 is 0 Å². The highest BCUT2D eigenvalue weighted by Gasteiger charge is 2.23. The third-order valence-corrected chi connectivity index (χ3v) is 5.61. The van der Waals surface area contributed by atoms with Crippen molar-refractivity contribution in [3.05, 3.63) is 82.4 Å². The number of para-hydroxylation sites is 1. The lowest BCUT2D eigenvalue weighted by atomic mass is 10.1. The van der Waals surface area contributed by atoms with E-state index >= 15 is 0 Å². The summed E-state index contributed by atoms with van der Waals surface area (Å²) in [7, 11) is 1.73. The number of hydrogen-bond acceptors (Lipinski definition) is 3. The van der Waals surface area contributed by atoms with E-state index < -0.39 is 0 Å². The number of hydrogen-bond donors (Lipinski definition) is 0. The van der Waals surface area contributed by atoms with Gasteiger partial charge in [0.1, 0.15) is 5.82 Å². The summed E-state index contributed by atoms with van der Waals surface area (Å²) in [5.74, 6) is 0.524. The first-order valence-electron chi connectivity index (χ1n) is 11.0. The third kappa shape index (κ3) is 5.48. The SMILES string of the molecule is CCCCCCN(C(=O)/C=C/c1ccccc1)C(C)c1nc2ccccc2c(=O)n1C. The van der Waals surface area contributed by atoms with Crippen molar-refractivity contribution in [3.8, 4) is 0 Å². The largest absolute Gasteiger partial charge is 0.329 e. The number of unbranched alkanes of at least 4 members (excludes halogenated alkanes) is 3. The van der Waals surface area contributed by atoms with Gasteiger partial charge in [0.15, 0.2) is 0 Å². The van der Waals surface area contributed by atoms with E-state index in [1.165, 1.54) is 0 Å². The Morgan fingerprint density at radius 2 is 1.77 bits per heavy atom. The van der Waals surface area contributed by atoms with E-state index in [4.69, 9.17) is 4.98 Å². The number of amides is 1. The molecular weight excluding hydrogens is 386 g/mol. The van der Waals surface area contributed by atoms with Gasteiger partial charge in [0.05, 0.1) is 16.9 Å². The molecule has 0 radical (unpaired) electrons. The molecule has 0 spiro atoms.